The van der Waals surface area contributed by atoms with E-state index in [2.05, 4.69) is 30.9 Å². The van der Waals surface area contributed by atoms with Gasteiger partial charge in [0.05, 0.1) is 22.3 Å². The first-order valence-corrected chi connectivity index (χ1v) is 17.5. The zero-order valence-electron chi connectivity index (χ0n) is 27.9. The number of aromatic nitrogens is 3. The minimum atomic E-state index is -4.69. The number of H-pyrrole nitrogens is 1. The van der Waals surface area contributed by atoms with Crippen molar-refractivity contribution in [3.05, 3.63) is 69.1 Å². The van der Waals surface area contributed by atoms with Crippen LogP contribution in [0.4, 0.5) is 23.7 Å². The Morgan fingerprint density at radius 2 is 1.64 bits per heavy atom. The number of urea groups is 1. The molecule has 3 saturated heterocycles. The van der Waals surface area contributed by atoms with Crippen LogP contribution in [0.5, 0.6) is 0 Å². The fourth-order valence-corrected chi connectivity index (χ4v) is 7.59. The standard InChI is InChI=1S/C34H43ClF3N9O3/c1-39-29-26(34(36,37)38)19-22(20-27(29)35)21-28(31(48)45-17-15-44(16-18-45)24-7-11-40-12-8-24)41-32(49)46-13-9-25(10-14-46)47-33(50)42-30(43-47)23-5-3-2-4-6-23/h2-6,19-20,24-25,28,39-40H,7-18,21H2,1H3,(H,41,49)(H,42,43,50)/t28-/m1/s1. The predicted molar refractivity (Wildman–Crippen MR) is 184 cm³/mol. The van der Waals surface area contributed by atoms with Gasteiger partial charge in [0.1, 0.15) is 6.04 Å². The minimum absolute atomic E-state index is 0.128. The van der Waals surface area contributed by atoms with E-state index in [9.17, 15) is 27.6 Å². The third-order valence-electron chi connectivity index (χ3n) is 9.98. The molecule has 4 heterocycles. The zero-order valence-corrected chi connectivity index (χ0v) is 28.7. The third kappa shape index (κ3) is 8.10. The van der Waals surface area contributed by atoms with Gasteiger partial charge in [0, 0.05) is 64.3 Å². The summed E-state index contributed by atoms with van der Waals surface area (Å²) < 4.78 is 43.4. The average molecular weight is 718 g/mol. The first-order chi connectivity index (χ1) is 24.0. The second-order valence-electron chi connectivity index (χ2n) is 13.1. The number of likely N-dealkylation sites (tertiary alicyclic amines) is 1. The molecule has 3 amide bonds. The number of nitrogens with one attached hydrogen (secondary N) is 4. The monoisotopic (exact) mass is 717 g/mol. The molecule has 0 bridgehead atoms. The van der Waals surface area contributed by atoms with Crippen molar-refractivity contribution in [2.45, 2.75) is 56.4 Å². The lowest BCUT2D eigenvalue weighted by Gasteiger charge is -2.42. The van der Waals surface area contributed by atoms with E-state index in [1.54, 1.807) is 9.80 Å². The molecule has 16 heteroatoms. The predicted octanol–water partition coefficient (Wildman–Crippen LogP) is 3.81. The van der Waals surface area contributed by atoms with Crippen molar-refractivity contribution in [2.24, 2.45) is 0 Å². The molecule has 3 aromatic rings. The smallest absolute Gasteiger partial charge is 0.386 e. The molecule has 3 aliphatic rings. The van der Waals surface area contributed by atoms with Crippen molar-refractivity contribution in [1.29, 1.82) is 0 Å². The number of hydrogen-bond acceptors (Lipinski definition) is 7. The van der Waals surface area contributed by atoms with Gasteiger partial charge in [0.15, 0.2) is 5.82 Å². The third-order valence-corrected chi connectivity index (χ3v) is 10.3. The summed E-state index contributed by atoms with van der Waals surface area (Å²) in [5.74, 6) is 0.113. The topological polar surface area (TPSA) is 131 Å². The Morgan fingerprint density at radius 3 is 2.28 bits per heavy atom. The van der Waals surface area contributed by atoms with Crippen molar-refractivity contribution in [1.82, 2.24) is 40.1 Å². The second kappa shape index (κ2) is 15.4. The molecule has 0 radical (unpaired) electrons. The van der Waals surface area contributed by atoms with Gasteiger partial charge in [-0.15, -0.1) is 5.10 Å². The van der Waals surface area contributed by atoms with E-state index in [-0.39, 0.29) is 40.3 Å². The number of carbonyl (C=O) groups is 2. The number of benzene rings is 2. The van der Waals surface area contributed by atoms with Gasteiger partial charge in [0.2, 0.25) is 5.91 Å². The van der Waals surface area contributed by atoms with E-state index < -0.39 is 23.8 Å². The van der Waals surface area contributed by atoms with Crippen molar-refractivity contribution < 1.29 is 22.8 Å². The van der Waals surface area contributed by atoms with E-state index >= 15 is 0 Å². The molecule has 0 aliphatic carbocycles. The van der Waals surface area contributed by atoms with E-state index in [0.717, 1.165) is 37.6 Å². The van der Waals surface area contributed by atoms with Crippen LogP contribution in [0.3, 0.4) is 0 Å². The largest absolute Gasteiger partial charge is 0.418 e. The Morgan fingerprint density at radius 1 is 0.960 bits per heavy atom. The van der Waals surface area contributed by atoms with Crippen LogP contribution < -0.4 is 21.6 Å². The number of piperidine rings is 2. The molecular weight excluding hydrogens is 675 g/mol. The Balaban J connectivity index is 1.15. The summed E-state index contributed by atoms with van der Waals surface area (Å²) in [6.45, 7) is 4.79. The summed E-state index contributed by atoms with van der Waals surface area (Å²) in [6, 6.07) is 10.3. The number of hydrogen-bond donors (Lipinski definition) is 4. The molecule has 270 valence electrons. The summed E-state index contributed by atoms with van der Waals surface area (Å²) >= 11 is 6.29. The molecule has 0 spiro atoms. The summed E-state index contributed by atoms with van der Waals surface area (Å²) in [7, 11) is 1.36. The van der Waals surface area contributed by atoms with Gasteiger partial charge in [-0.1, -0.05) is 41.9 Å². The van der Waals surface area contributed by atoms with Crippen LogP contribution in [0.1, 0.15) is 42.9 Å². The van der Waals surface area contributed by atoms with Crippen molar-refractivity contribution in [3.63, 3.8) is 0 Å². The quantitative estimate of drug-likeness (QED) is 0.279. The van der Waals surface area contributed by atoms with Crippen LogP contribution in [0.25, 0.3) is 11.4 Å². The Kier molecular flexibility index (Phi) is 11.0. The molecular formula is C34H43ClF3N9O3. The van der Waals surface area contributed by atoms with Crippen molar-refractivity contribution >= 4 is 29.2 Å². The van der Waals surface area contributed by atoms with Crippen LogP contribution in [-0.4, -0.2) is 113 Å². The lowest BCUT2D eigenvalue weighted by atomic mass is 10.00. The first kappa shape index (κ1) is 35.7. The zero-order chi connectivity index (χ0) is 35.4. The Labute approximate surface area is 293 Å². The molecule has 3 fully saturated rings. The number of alkyl halides is 3. The lowest BCUT2D eigenvalue weighted by molar-refractivity contribution is -0.137. The highest BCUT2D eigenvalue weighted by Gasteiger charge is 2.37. The molecule has 1 atom stereocenters. The molecule has 1 aromatic heterocycles. The second-order valence-corrected chi connectivity index (χ2v) is 13.5. The van der Waals surface area contributed by atoms with Gasteiger partial charge in [0.25, 0.3) is 0 Å². The first-order valence-electron chi connectivity index (χ1n) is 17.1. The van der Waals surface area contributed by atoms with Gasteiger partial charge in [-0.2, -0.15) is 13.2 Å². The number of nitrogens with zero attached hydrogens (tertiary/aromatic N) is 5. The van der Waals surface area contributed by atoms with Gasteiger partial charge in [-0.05, 0) is 56.5 Å². The van der Waals surface area contributed by atoms with Gasteiger partial charge < -0.3 is 25.8 Å². The fourth-order valence-electron chi connectivity index (χ4n) is 7.26. The average Bonchev–Trinajstić information content (AvgIpc) is 3.52. The highest BCUT2D eigenvalue weighted by molar-refractivity contribution is 6.33. The highest BCUT2D eigenvalue weighted by atomic mass is 35.5. The molecule has 0 unspecified atom stereocenters. The fraction of sp³-hybridized carbons (Fsp3) is 0.529. The molecule has 6 rings (SSSR count). The maximum atomic E-state index is 14.0. The molecule has 2 aromatic carbocycles. The maximum Gasteiger partial charge on any atom is 0.418 e. The van der Waals surface area contributed by atoms with Crippen molar-refractivity contribution in [2.75, 3.05) is 64.7 Å². The number of anilines is 1. The van der Waals surface area contributed by atoms with Crippen LogP contribution >= 0.6 is 11.6 Å². The van der Waals surface area contributed by atoms with E-state index in [1.165, 1.54) is 17.8 Å². The van der Waals surface area contributed by atoms with Gasteiger partial charge >= 0.3 is 17.9 Å². The minimum Gasteiger partial charge on any atom is -0.386 e. The van der Waals surface area contributed by atoms with Gasteiger partial charge in [-0.3, -0.25) is 14.7 Å². The summed E-state index contributed by atoms with van der Waals surface area (Å²) in [4.78, 5) is 48.9. The Hall–Kier alpha value is -4.08. The number of amides is 3. The number of aromatic amines is 1. The van der Waals surface area contributed by atoms with Gasteiger partial charge in [-0.25, -0.2) is 14.3 Å². The normalized spacial score (nSPS) is 19.0. The number of rotatable bonds is 8. The maximum absolute atomic E-state index is 14.0. The molecule has 12 nitrogen and oxygen atoms in total. The highest BCUT2D eigenvalue weighted by Crippen LogP contribution is 2.39. The summed E-state index contributed by atoms with van der Waals surface area (Å²) in [6.07, 6.45) is -1.87. The van der Waals surface area contributed by atoms with Crippen LogP contribution in [-0.2, 0) is 17.4 Å². The lowest BCUT2D eigenvalue weighted by Crippen LogP contribution is -2.59. The van der Waals surface area contributed by atoms with Crippen LogP contribution in [0, 0.1) is 0 Å². The van der Waals surface area contributed by atoms with Crippen LogP contribution in [0.2, 0.25) is 5.02 Å². The summed E-state index contributed by atoms with van der Waals surface area (Å²) in [5.41, 5.74) is -0.564. The number of carbonyl (C=O) groups excluding carboxylic acids is 2. The molecule has 4 N–H and O–H groups in total. The Bertz CT molecular complexity index is 1700. The molecule has 3 aliphatic heterocycles. The van der Waals surface area contributed by atoms with E-state index in [4.69, 9.17) is 11.6 Å². The van der Waals surface area contributed by atoms with E-state index in [0.29, 0.717) is 64.0 Å². The number of piperazine rings is 1. The molecule has 0 saturated carbocycles. The number of halogens is 4. The SMILES string of the molecule is CNc1c(Cl)cc(C[C@@H](NC(=O)N2CCC(n3nc(-c4ccccc4)[nH]c3=O)CC2)C(=O)N2CCN(C3CCNCC3)CC2)cc1C(F)(F)F. The molecule has 50 heavy (non-hydrogen) atoms. The van der Waals surface area contributed by atoms with Crippen LogP contribution in [0.15, 0.2) is 47.3 Å². The van der Waals surface area contributed by atoms with E-state index in [1.807, 2.05) is 30.3 Å². The summed E-state index contributed by atoms with van der Waals surface area (Å²) in [5, 5.41) is 13.1. The van der Waals surface area contributed by atoms with Crippen molar-refractivity contribution in [3.8, 4) is 11.4 Å².